The molecule has 1 unspecified atom stereocenters. The third-order valence-corrected chi connectivity index (χ3v) is 8.06. The van der Waals surface area contributed by atoms with Gasteiger partial charge in [-0.3, -0.25) is 9.10 Å². The van der Waals surface area contributed by atoms with Crippen LogP contribution in [0.25, 0.3) is 10.8 Å². The van der Waals surface area contributed by atoms with Crippen LogP contribution in [0.15, 0.2) is 95.9 Å². The van der Waals surface area contributed by atoms with Crippen LogP contribution in [-0.2, 0) is 25.0 Å². The van der Waals surface area contributed by atoms with E-state index in [0.717, 1.165) is 9.87 Å². The molecule has 0 saturated heterocycles. The minimum absolute atomic E-state index is 0.0452. The quantitative estimate of drug-likeness (QED) is 0.279. The largest absolute Gasteiger partial charge is 0.480 e. The van der Waals surface area contributed by atoms with Gasteiger partial charge in [-0.25, -0.2) is 13.2 Å². The van der Waals surface area contributed by atoms with Gasteiger partial charge in [-0.2, -0.15) is 0 Å². The number of ether oxygens (including phenoxy) is 1. The average molecular weight is 548 g/mol. The molecular weight excluding hydrogens is 518 g/mol. The van der Waals surface area contributed by atoms with Crippen molar-refractivity contribution in [3.05, 3.63) is 102 Å². The molecule has 0 bridgehead atoms. The molecule has 2 N–H and O–H groups in total. The Bertz CT molecular complexity index is 1610. The second-order valence-corrected chi connectivity index (χ2v) is 11.9. The molecule has 0 aliphatic rings. The van der Waals surface area contributed by atoms with Crippen molar-refractivity contribution < 1.29 is 33.0 Å². The van der Waals surface area contributed by atoms with E-state index in [4.69, 9.17) is 4.74 Å². The summed E-state index contributed by atoms with van der Waals surface area (Å²) < 4.78 is 34.3. The minimum atomic E-state index is -4.28. The number of hydrogen-bond donors (Lipinski definition) is 2. The van der Waals surface area contributed by atoms with E-state index in [2.05, 4.69) is 0 Å². The van der Waals surface area contributed by atoms with Gasteiger partial charge in [-0.05, 0) is 35.2 Å². The third-order valence-electron chi connectivity index (χ3n) is 6.29. The monoisotopic (exact) mass is 547 g/mol. The van der Waals surface area contributed by atoms with Gasteiger partial charge in [-0.15, -0.1) is 0 Å². The number of anilines is 1. The zero-order valence-electron chi connectivity index (χ0n) is 21.7. The van der Waals surface area contributed by atoms with Crippen LogP contribution in [-0.4, -0.2) is 37.1 Å². The van der Waals surface area contributed by atoms with Crippen LogP contribution in [0, 0.1) is 0 Å². The molecule has 0 aliphatic heterocycles. The molecule has 8 nitrogen and oxygen atoms in total. The summed E-state index contributed by atoms with van der Waals surface area (Å²) in [5.41, 5.74) is 1.31. The van der Waals surface area contributed by atoms with Gasteiger partial charge in [0.2, 0.25) is 6.10 Å². The highest BCUT2D eigenvalue weighted by Crippen LogP contribution is 2.38. The SMILES string of the molecule is CC(C)(C)c1ccc(S(=O)(=O)N(CC(=O)O)c2ccc(OC(C(=O)O)c3ccccc3)c3ccccc23)cc1. The number of aliphatic carboxylic acids is 2. The highest BCUT2D eigenvalue weighted by atomic mass is 32.2. The van der Waals surface area contributed by atoms with Gasteiger partial charge < -0.3 is 14.9 Å². The number of carbonyl (C=O) groups is 2. The number of rotatable bonds is 9. The number of nitrogens with zero attached hydrogens (tertiary/aromatic N) is 1. The Morgan fingerprint density at radius 1 is 0.821 bits per heavy atom. The predicted octanol–water partition coefficient (Wildman–Crippen LogP) is 5.62. The lowest BCUT2D eigenvalue weighted by Gasteiger charge is -2.26. The molecule has 0 aliphatic carbocycles. The fraction of sp³-hybridized carbons (Fsp3) is 0.200. The number of carboxylic acid groups (broad SMARTS) is 2. The summed E-state index contributed by atoms with van der Waals surface area (Å²) in [7, 11) is -4.28. The highest BCUT2D eigenvalue weighted by molar-refractivity contribution is 7.92. The lowest BCUT2D eigenvalue weighted by atomic mass is 9.87. The zero-order valence-corrected chi connectivity index (χ0v) is 22.6. The normalized spacial score (nSPS) is 12.6. The number of benzene rings is 4. The van der Waals surface area contributed by atoms with E-state index in [1.54, 1.807) is 66.7 Å². The molecule has 0 radical (unpaired) electrons. The molecule has 4 aromatic rings. The average Bonchev–Trinajstić information content (AvgIpc) is 2.90. The summed E-state index contributed by atoms with van der Waals surface area (Å²) in [6, 6.07) is 24.4. The first-order valence-corrected chi connectivity index (χ1v) is 13.6. The molecule has 9 heteroatoms. The molecule has 1 atom stereocenters. The van der Waals surface area contributed by atoms with Crippen LogP contribution in [0.3, 0.4) is 0 Å². The van der Waals surface area contributed by atoms with Crippen molar-refractivity contribution in [3.63, 3.8) is 0 Å². The molecule has 4 rings (SSSR count). The van der Waals surface area contributed by atoms with E-state index in [9.17, 15) is 28.2 Å². The van der Waals surface area contributed by atoms with Gasteiger partial charge in [0.25, 0.3) is 10.0 Å². The van der Waals surface area contributed by atoms with E-state index in [-0.39, 0.29) is 21.7 Å². The van der Waals surface area contributed by atoms with Gasteiger partial charge in [0, 0.05) is 16.3 Å². The zero-order chi connectivity index (χ0) is 28.4. The lowest BCUT2D eigenvalue weighted by molar-refractivity contribution is -0.145. The minimum Gasteiger partial charge on any atom is -0.480 e. The first-order valence-electron chi connectivity index (χ1n) is 12.2. The number of sulfonamides is 1. The van der Waals surface area contributed by atoms with Gasteiger partial charge >= 0.3 is 11.9 Å². The van der Waals surface area contributed by atoms with Crippen LogP contribution in [0.2, 0.25) is 0 Å². The van der Waals surface area contributed by atoms with Crippen LogP contribution < -0.4 is 9.04 Å². The fourth-order valence-corrected chi connectivity index (χ4v) is 5.70. The maximum absolute atomic E-state index is 13.8. The Morgan fingerprint density at radius 3 is 1.97 bits per heavy atom. The van der Waals surface area contributed by atoms with Crippen LogP contribution in [0.4, 0.5) is 5.69 Å². The molecule has 0 heterocycles. The van der Waals surface area contributed by atoms with Crippen molar-refractivity contribution in [1.29, 1.82) is 0 Å². The number of fused-ring (bicyclic) bond motifs is 1. The van der Waals surface area contributed by atoms with E-state index >= 15 is 0 Å². The molecule has 0 saturated carbocycles. The molecular formula is C30H29NO7S. The Morgan fingerprint density at radius 2 is 1.41 bits per heavy atom. The Hall–Kier alpha value is -4.37. The van der Waals surface area contributed by atoms with E-state index < -0.39 is 34.6 Å². The van der Waals surface area contributed by atoms with Gasteiger partial charge in [0.05, 0.1) is 10.6 Å². The molecule has 202 valence electrons. The van der Waals surface area contributed by atoms with E-state index in [0.29, 0.717) is 16.3 Å². The molecule has 39 heavy (non-hydrogen) atoms. The smallest absolute Gasteiger partial charge is 0.349 e. The fourth-order valence-electron chi connectivity index (χ4n) is 4.27. The van der Waals surface area contributed by atoms with Crippen LogP contribution in [0.5, 0.6) is 5.75 Å². The third kappa shape index (κ3) is 5.88. The topological polar surface area (TPSA) is 121 Å². The summed E-state index contributed by atoms with van der Waals surface area (Å²) in [5, 5.41) is 20.3. The summed E-state index contributed by atoms with van der Waals surface area (Å²) in [5.74, 6) is -2.31. The van der Waals surface area contributed by atoms with Crippen molar-refractivity contribution in [3.8, 4) is 5.75 Å². The summed E-state index contributed by atoms with van der Waals surface area (Å²) in [6.07, 6.45) is -1.30. The molecule has 0 amide bonds. The van der Waals surface area contributed by atoms with Crippen molar-refractivity contribution in [2.24, 2.45) is 0 Å². The standard InChI is InChI=1S/C30H29NO7S/c1-30(2,3)21-13-15-22(16-14-21)39(36,37)31(19-27(32)33)25-17-18-26(24-12-8-7-11-23(24)25)38-28(29(34)35)20-9-5-4-6-10-20/h4-18,28H,19H2,1-3H3,(H,32,33)(H,34,35). The Kier molecular flexibility index (Phi) is 7.65. The van der Waals surface area contributed by atoms with E-state index in [1.807, 2.05) is 20.8 Å². The van der Waals surface area contributed by atoms with Gasteiger partial charge in [-0.1, -0.05) is 87.5 Å². The van der Waals surface area contributed by atoms with Crippen molar-refractivity contribution >= 4 is 38.4 Å². The first kappa shape index (κ1) is 27.7. The van der Waals surface area contributed by atoms with Gasteiger partial charge in [0.15, 0.2) is 0 Å². The molecule has 4 aromatic carbocycles. The summed E-state index contributed by atoms with van der Waals surface area (Å²) >= 11 is 0. The summed E-state index contributed by atoms with van der Waals surface area (Å²) in [6.45, 7) is 5.22. The van der Waals surface area contributed by atoms with E-state index in [1.165, 1.54) is 24.3 Å². The van der Waals surface area contributed by atoms with Crippen LogP contribution >= 0.6 is 0 Å². The van der Waals surface area contributed by atoms with Crippen molar-refractivity contribution in [1.82, 2.24) is 0 Å². The van der Waals surface area contributed by atoms with Crippen molar-refractivity contribution in [2.45, 2.75) is 37.2 Å². The van der Waals surface area contributed by atoms with Crippen LogP contribution in [0.1, 0.15) is 38.0 Å². The maximum Gasteiger partial charge on any atom is 0.349 e. The number of carboxylic acids is 2. The Labute approximate surface area is 227 Å². The molecule has 0 aromatic heterocycles. The van der Waals surface area contributed by atoms with Gasteiger partial charge in [0.1, 0.15) is 12.3 Å². The number of hydrogen-bond acceptors (Lipinski definition) is 5. The summed E-state index contributed by atoms with van der Waals surface area (Å²) in [4.78, 5) is 23.8. The maximum atomic E-state index is 13.8. The highest BCUT2D eigenvalue weighted by Gasteiger charge is 2.30. The molecule has 0 spiro atoms. The second kappa shape index (κ2) is 10.8. The Balaban J connectivity index is 1.82. The van der Waals surface area contributed by atoms with Crippen molar-refractivity contribution in [2.75, 3.05) is 10.8 Å². The second-order valence-electron chi connectivity index (χ2n) is 10.1. The lowest BCUT2D eigenvalue weighted by Crippen LogP contribution is -2.36. The predicted molar refractivity (Wildman–Crippen MR) is 149 cm³/mol. The first-order chi connectivity index (χ1) is 18.4. The molecule has 0 fully saturated rings.